The molecule has 4 nitrogen and oxygen atoms in total. The Morgan fingerprint density at radius 3 is 2.85 bits per heavy atom. The predicted molar refractivity (Wildman–Crippen MR) is 78.4 cm³/mol. The Kier molecular flexibility index (Phi) is 5.68. The molecule has 1 aromatic rings. The average Bonchev–Trinajstić information content (AvgIpc) is 2.94. The van der Waals surface area contributed by atoms with Gasteiger partial charge in [-0.05, 0) is 50.3 Å². The number of hydrogen-bond acceptors (Lipinski definition) is 3. The Balaban J connectivity index is 2.08. The van der Waals surface area contributed by atoms with E-state index in [4.69, 9.17) is 21.4 Å². The molecular weight excluding hydrogens is 278 g/mol. The number of carbonyl (C=O) groups is 1. The Hall–Kier alpha value is -1.26. The number of halogens is 1. The van der Waals surface area contributed by atoms with Crippen LogP contribution in [0.5, 0.6) is 5.75 Å². The molecule has 0 spiro atoms. The van der Waals surface area contributed by atoms with Crippen molar-refractivity contribution in [2.75, 3.05) is 13.2 Å². The third-order valence-corrected chi connectivity index (χ3v) is 3.64. The molecule has 0 heterocycles. The van der Waals surface area contributed by atoms with Crippen LogP contribution in [0.1, 0.15) is 42.5 Å². The molecule has 2 rings (SSSR count). The summed E-state index contributed by atoms with van der Waals surface area (Å²) in [5, 5.41) is 12.0. The topological polar surface area (TPSA) is 58.6 Å². The molecule has 2 N–H and O–H groups in total. The number of benzene rings is 1. The molecule has 0 aliphatic heterocycles. The van der Waals surface area contributed by atoms with Crippen LogP contribution in [0.15, 0.2) is 18.2 Å². The molecule has 1 aromatic carbocycles. The van der Waals surface area contributed by atoms with Crippen molar-refractivity contribution in [1.29, 1.82) is 0 Å². The van der Waals surface area contributed by atoms with Crippen molar-refractivity contribution in [2.45, 2.75) is 38.2 Å². The van der Waals surface area contributed by atoms with Crippen molar-refractivity contribution < 1.29 is 14.6 Å². The summed E-state index contributed by atoms with van der Waals surface area (Å²) in [7, 11) is 0. The third kappa shape index (κ3) is 4.12. The second-order valence-corrected chi connectivity index (χ2v) is 5.43. The molecule has 0 bridgehead atoms. The Bertz CT molecular complexity index is 458. The maximum absolute atomic E-state index is 12.1. The Morgan fingerprint density at radius 2 is 2.15 bits per heavy atom. The molecule has 5 heteroatoms. The van der Waals surface area contributed by atoms with Gasteiger partial charge in [-0.25, -0.2) is 0 Å². The summed E-state index contributed by atoms with van der Waals surface area (Å²) in [6.07, 6.45) is 5.15. The molecule has 0 atom stereocenters. The van der Waals surface area contributed by atoms with Gasteiger partial charge in [0.1, 0.15) is 5.75 Å². The summed E-state index contributed by atoms with van der Waals surface area (Å²) in [5.41, 5.74) is 0.460. The van der Waals surface area contributed by atoms with Crippen LogP contribution in [-0.4, -0.2) is 30.3 Å². The lowest BCUT2D eigenvalue weighted by Crippen LogP contribution is -2.26. The molecule has 1 amide bonds. The minimum atomic E-state index is -0.214. The number of hydrogen-bond donors (Lipinski definition) is 2. The van der Waals surface area contributed by atoms with Crippen LogP contribution in [0, 0.1) is 0 Å². The van der Waals surface area contributed by atoms with Crippen molar-refractivity contribution in [3.8, 4) is 5.75 Å². The molecule has 1 aliphatic carbocycles. The van der Waals surface area contributed by atoms with Crippen LogP contribution >= 0.6 is 11.6 Å². The summed E-state index contributed by atoms with van der Waals surface area (Å²) in [6, 6.07) is 5.11. The fraction of sp³-hybridized carbons (Fsp3) is 0.533. The van der Waals surface area contributed by atoms with Crippen molar-refractivity contribution in [3.63, 3.8) is 0 Å². The smallest absolute Gasteiger partial charge is 0.255 e. The van der Waals surface area contributed by atoms with E-state index in [0.29, 0.717) is 29.3 Å². The van der Waals surface area contributed by atoms with Gasteiger partial charge in [-0.1, -0.05) is 11.6 Å². The van der Waals surface area contributed by atoms with Crippen molar-refractivity contribution in [2.24, 2.45) is 0 Å². The number of ether oxygens (including phenoxy) is 1. The van der Waals surface area contributed by atoms with Crippen LogP contribution in [0.2, 0.25) is 5.02 Å². The Labute approximate surface area is 124 Å². The van der Waals surface area contributed by atoms with Crippen LogP contribution in [0.25, 0.3) is 0 Å². The third-order valence-electron chi connectivity index (χ3n) is 3.40. The first kappa shape index (κ1) is 15.1. The minimum Gasteiger partial charge on any atom is -0.490 e. The van der Waals surface area contributed by atoms with E-state index < -0.39 is 0 Å². The molecule has 110 valence electrons. The molecule has 1 aliphatic rings. The van der Waals surface area contributed by atoms with E-state index >= 15 is 0 Å². The molecule has 1 saturated carbocycles. The first-order chi connectivity index (χ1) is 9.70. The van der Waals surface area contributed by atoms with Gasteiger partial charge in [0.15, 0.2) is 0 Å². The largest absolute Gasteiger partial charge is 0.490 e. The number of rotatable bonds is 6. The lowest BCUT2D eigenvalue weighted by atomic mass is 10.1. The van der Waals surface area contributed by atoms with Gasteiger partial charge in [-0.2, -0.15) is 0 Å². The van der Waals surface area contributed by atoms with Crippen LogP contribution in [-0.2, 0) is 0 Å². The van der Waals surface area contributed by atoms with Crippen molar-refractivity contribution in [3.05, 3.63) is 28.8 Å². The zero-order valence-electron chi connectivity index (χ0n) is 11.4. The summed E-state index contributed by atoms with van der Waals surface area (Å²) < 4.78 is 5.92. The standard InChI is InChI=1S/C15H20ClNO3/c16-11-6-7-14(20-12-4-1-2-5-12)13(10-11)15(19)17-8-3-9-18/h6-7,10,12,18H,1-5,8-9H2,(H,17,19). The van der Waals surface area contributed by atoms with Crippen molar-refractivity contribution >= 4 is 17.5 Å². The highest BCUT2D eigenvalue weighted by molar-refractivity contribution is 6.31. The lowest BCUT2D eigenvalue weighted by molar-refractivity contribution is 0.0944. The van der Waals surface area contributed by atoms with E-state index in [9.17, 15) is 4.79 Å². The minimum absolute atomic E-state index is 0.0568. The zero-order valence-corrected chi connectivity index (χ0v) is 12.2. The van der Waals surface area contributed by atoms with E-state index in [2.05, 4.69) is 5.32 Å². The summed E-state index contributed by atoms with van der Waals surface area (Å²) in [5.74, 6) is 0.372. The molecular formula is C15H20ClNO3. The monoisotopic (exact) mass is 297 g/mol. The van der Waals surface area contributed by atoms with E-state index in [0.717, 1.165) is 12.8 Å². The van der Waals surface area contributed by atoms with Gasteiger partial charge < -0.3 is 15.2 Å². The number of aliphatic hydroxyl groups is 1. The molecule has 0 aromatic heterocycles. The van der Waals surface area contributed by atoms with Gasteiger partial charge in [0.05, 0.1) is 11.7 Å². The van der Waals surface area contributed by atoms with Gasteiger partial charge in [-0.3, -0.25) is 4.79 Å². The van der Waals surface area contributed by atoms with E-state index in [1.165, 1.54) is 12.8 Å². The number of aliphatic hydroxyl groups excluding tert-OH is 1. The highest BCUT2D eigenvalue weighted by Gasteiger charge is 2.20. The Morgan fingerprint density at radius 1 is 1.40 bits per heavy atom. The van der Waals surface area contributed by atoms with E-state index in [1.807, 2.05) is 0 Å². The second-order valence-electron chi connectivity index (χ2n) is 5.00. The maximum Gasteiger partial charge on any atom is 0.255 e. The van der Waals surface area contributed by atoms with E-state index in [-0.39, 0.29) is 18.6 Å². The average molecular weight is 298 g/mol. The molecule has 0 unspecified atom stereocenters. The zero-order chi connectivity index (χ0) is 14.4. The number of carbonyl (C=O) groups excluding carboxylic acids is 1. The normalized spacial score (nSPS) is 15.3. The quantitative estimate of drug-likeness (QED) is 0.794. The molecule has 0 saturated heterocycles. The van der Waals surface area contributed by atoms with Gasteiger partial charge in [0.2, 0.25) is 0 Å². The first-order valence-corrected chi connectivity index (χ1v) is 7.44. The number of amides is 1. The fourth-order valence-corrected chi connectivity index (χ4v) is 2.52. The highest BCUT2D eigenvalue weighted by atomic mass is 35.5. The van der Waals surface area contributed by atoms with Crippen LogP contribution in [0.3, 0.4) is 0 Å². The van der Waals surface area contributed by atoms with Gasteiger partial charge in [0.25, 0.3) is 5.91 Å². The van der Waals surface area contributed by atoms with Crippen molar-refractivity contribution in [1.82, 2.24) is 5.32 Å². The number of nitrogens with one attached hydrogen (secondary N) is 1. The lowest BCUT2D eigenvalue weighted by Gasteiger charge is -2.16. The summed E-state index contributed by atoms with van der Waals surface area (Å²) in [6.45, 7) is 0.492. The predicted octanol–water partition coefficient (Wildman–Crippen LogP) is 2.77. The fourth-order valence-electron chi connectivity index (χ4n) is 2.34. The summed E-state index contributed by atoms with van der Waals surface area (Å²) >= 11 is 5.96. The molecule has 0 radical (unpaired) electrons. The van der Waals surface area contributed by atoms with Gasteiger partial charge in [-0.15, -0.1) is 0 Å². The van der Waals surface area contributed by atoms with Gasteiger partial charge in [0, 0.05) is 18.2 Å². The van der Waals surface area contributed by atoms with Crippen LogP contribution < -0.4 is 10.1 Å². The van der Waals surface area contributed by atoms with Gasteiger partial charge >= 0.3 is 0 Å². The molecule has 1 fully saturated rings. The first-order valence-electron chi connectivity index (χ1n) is 7.06. The van der Waals surface area contributed by atoms with E-state index in [1.54, 1.807) is 18.2 Å². The highest BCUT2D eigenvalue weighted by Crippen LogP contribution is 2.28. The summed E-state index contributed by atoms with van der Waals surface area (Å²) in [4.78, 5) is 12.1. The maximum atomic E-state index is 12.1. The molecule has 20 heavy (non-hydrogen) atoms. The van der Waals surface area contributed by atoms with Crippen LogP contribution in [0.4, 0.5) is 0 Å². The SMILES string of the molecule is O=C(NCCCO)c1cc(Cl)ccc1OC1CCCC1. The second kappa shape index (κ2) is 7.50.